The van der Waals surface area contributed by atoms with Crippen LogP contribution in [0.4, 0.5) is 5.00 Å². The molecule has 2 rings (SSSR count). The van der Waals surface area contributed by atoms with Crippen molar-refractivity contribution in [1.29, 1.82) is 0 Å². The van der Waals surface area contributed by atoms with Gasteiger partial charge in [0, 0.05) is 18.8 Å². The van der Waals surface area contributed by atoms with Crippen LogP contribution in [0.1, 0.15) is 26.4 Å². The lowest BCUT2D eigenvalue weighted by Crippen LogP contribution is -2.15. The van der Waals surface area contributed by atoms with E-state index in [9.17, 15) is 9.59 Å². The Hall–Kier alpha value is -2.15. The molecule has 7 heteroatoms. The molecule has 0 aliphatic rings. The Bertz CT molecular complexity index is 630. The predicted octanol–water partition coefficient (Wildman–Crippen LogP) is 1.83. The van der Waals surface area contributed by atoms with Crippen molar-refractivity contribution in [2.45, 2.75) is 6.92 Å². The third-order valence-electron chi connectivity index (χ3n) is 2.52. The summed E-state index contributed by atoms with van der Waals surface area (Å²) in [6, 6.07) is 1.61. The molecule has 0 radical (unpaired) electrons. The molecule has 0 aliphatic carbocycles. The fourth-order valence-electron chi connectivity index (χ4n) is 1.67. The van der Waals surface area contributed by atoms with Crippen molar-refractivity contribution in [2.24, 2.45) is 7.05 Å². The van der Waals surface area contributed by atoms with Gasteiger partial charge in [-0.15, -0.1) is 11.3 Å². The number of nitrogens with zero attached hydrogens (tertiary/aromatic N) is 2. The molecule has 6 nitrogen and oxygen atoms in total. The quantitative estimate of drug-likeness (QED) is 0.870. The number of amides is 1. The van der Waals surface area contributed by atoms with Crippen molar-refractivity contribution in [2.75, 3.05) is 12.4 Å². The SMILES string of the molecule is COC(=O)c1ccsc1NC(=O)c1nn(C)cc1C. The monoisotopic (exact) mass is 279 g/mol. The van der Waals surface area contributed by atoms with Crippen molar-refractivity contribution in [3.63, 3.8) is 0 Å². The van der Waals surface area contributed by atoms with E-state index in [1.54, 1.807) is 36.3 Å². The van der Waals surface area contributed by atoms with E-state index < -0.39 is 5.97 Å². The lowest BCUT2D eigenvalue weighted by atomic mass is 10.2. The maximum absolute atomic E-state index is 12.1. The van der Waals surface area contributed by atoms with Gasteiger partial charge in [0.15, 0.2) is 5.69 Å². The highest BCUT2D eigenvalue weighted by molar-refractivity contribution is 7.14. The van der Waals surface area contributed by atoms with Crippen molar-refractivity contribution in [3.05, 3.63) is 34.5 Å². The van der Waals surface area contributed by atoms with Gasteiger partial charge in [-0.1, -0.05) is 0 Å². The summed E-state index contributed by atoms with van der Waals surface area (Å²) in [5.41, 5.74) is 1.46. The van der Waals surface area contributed by atoms with Gasteiger partial charge in [0.05, 0.1) is 12.7 Å². The standard InChI is InChI=1S/C12H13N3O3S/c1-7-6-15(2)14-9(7)10(16)13-11-8(4-5-19-11)12(17)18-3/h4-6H,1-3H3,(H,13,16). The van der Waals surface area contributed by atoms with Crippen molar-refractivity contribution in [3.8, 4) is 0 Å². The van der Waals surface area contributed by atoms with E-state index >= 15 is 0 Å². The van der Waals surface area contributed by atoms with Crippen LogP contribution in [0, 0.1) is 6.92 Å². The van der Waals surface area contributed by atoms with Gasteiger partial charge in [0.1, 0.15) is 5.00 Å². The number of esters is 1. The molecule has 19 heavy (non-hydrogen) atoms. The first-order chi connectivity index (χ1) is 9.02. The Balaban J connectivity index is 2.22. The molecule has 0 fully saturated rings. The minimum atomic E-state index is -0.478. The number of rotatable bonds is 3. The highest BCUT2D eigenvalue weighted by Crippen LogP contribution is 2.24. The van der Waals surface area contributed by atoms with Crippen molar-refractivity contribution >= 4 is 28.2 Å². The number of carbonyl (C=O) groups excluding carboxylic acids is 2. The van der Waals surface area contributed by atoms with Crippen LogP contribution in [0.2, 0.25) is 0 Å². The van der Waals surface area contributed by atoms with Gasteiger partial charge >= 0.3 is 5.97 Å². The van der Waals surface area contributed by atoms with Gasteiger partial charge in [-0.3, -0.25) is 9.48 Å². The molecule has 2 aromatic heterocycles. The smallest absolute Gasteiger partial charge is 0.340 e. The maximum atomic E-state index is 12.1. The molecule has 0 saturated heterocycles. The fraction of sp³-hybridized carbons (Fsp3) is 0.250. The third kappa shape index (κ3) is 2.65. The van der Waals surface area contributed by atoms with Crippen LogP contribution in [-0.4, -0.2) is 28.8 Å². The predicted molar refractivity (Wildman–Crippen MR) is 71.6 cm³/mol. The molecule has 0 atom stereocenters. The summed E-state index contributed by atoms with van der Waals surface area (Å²) >= 11 is 1.26. The van der Waals surface area contributed by atoms with E-state index in [1.165, 1.54) is 18.4 Å². The molecule has 1 N–H and O–H groups in total. The van der Waals surface area contributed by atoms with Crippen molar-refractivity contribution in [1.82, 2.24) is 9.78 Å². The van der Waals surface area contributed by atoms with Crippen LogP contribution in [0.5, 0.6) is 0 Å². The van der Waals surface area contributed by atoms with Gasteiger partial charge in [0.2, 0.25) is 0 Å². The minimum Gasteiger partial charge on any atom is -0.465 e. The summed E-state index contributed by atoms with van der Waals surface area (Å²) in [7, 11) is 3.04. The molecule has 0 bridgehead atoms. The van der Waals surface area contributed by atoms with E-state index in [0.29, 0.717) is 16.3 Å². The molecule has 0 saturated carbocycles. The van der Waals surface area contributed by atoms with E-state index in [2.05, 4.69) is 15.2 Å². The zero-order valence-electron chi connectivity index (χ0n) is 10.8. The molecule has 2 heterocycles. The Labute approximate surface area is 114 Å². The Morgan fingerprint density at radius 1 is 1.47 bits per heavy atom. The lowest BCUT2D eigenvalue weighted by molar-refractivity contribution is 0.0602. The highest BCUT2D eigenvalue weighted by atomic mass is 32.1. The molecule has 0 aliphatic heterocycles. The van der Waals surface area contributed by atoms with Crippen LogP contribution in [0.15, 0.2) is 17.6 Å². The second-order valence-corrected chi connectivity index (χ2v) is 4.86. The number of hydrogen-bond donors (Lipinski definition) is 1. The van der Waals surface area contributed by atoms with Crippen LogP contribution in [-0.2, 0) is 11.8 Å². The first kappa shape index (κ1) is 13.3. The van der Waals surface area contributed by atoms with E-state index in [-0.39, 0.29) is 5.91 Å². The van der Waals surface area contributed by atoms with E-state index in [0.717, 1.165) is 5.56 Å². The molecule has 0 unspecified atom stereocenters. The Morgan fingerprint density at radius 3 is 2.79 bits per heavy atom. The van der Waals surface area contributed by atoms with E-state index in [4.69, 9.17) is 0 Å². The highest BCUT2D eigenvalue weighted by Gasteiger charge is 2.18. The van der Waals surface area contributed by atoms with Gasteiger partial charge in [0.25, 0.3) is 5.91 Å². The van der Waals surface area contributed by atoms with Crippen LogP contribution in [0.25, 0.3) is 0 Å². The largest absolute Gasteiger partial charge is 0.465 e. The molecule has 0 spiro atoms. The number of hydrogen-bond acceptors (Lipinski definition) is 5. The Morgan fingerprint density at radius 2 is 2.21 bits per heavy atom. The normalized spacial score (nSPS) is 10.3. The van der Waals surface area contributed by atoms with Gasteiger partial charge in [-0.2, -0.15) is 5.10 Å². The molecule has 100 valence electrons. The minimum absolute atomic E-state index is 0.340. The Kier molecular flexibility index (Phi) is 3.66. The van der Waals surface area contributed by atoms with Crippen LogP contribution in [0.3, 0.4) is 0 Å². The molecule has 2 aromatic rings. The molecular weight excluding hydrogens is 266 g/mol. The molecule has 1 amide bonds. The van der Waals surface area contributed by atoms with Gasteiger partial charge < -0.3 is 10.1 Å². The molecular formula is C12H13N3O3S. The topological polar surface area (TPSA) is 73.2 Å². The third-order valence-corrected chi connectivity index (χ3v) is 3.35. The zero-order chi connectivity index (χ0) is 14.0. The number of methoxy groups -OCH3 is 1. The lowest BCUT2D eigenvalue weighted by Gasteiger charge is -2.04. The summed E-state index contributed by atoms with van der Waals surface area (Å²) in [6.45, 7) is 1.80. The maximum Gasteiger partial charge on any atom is 0.340 e. The first-order valence-corrected chi connectivity index (χ1v) is 6.38. The zero-order valence-corrected chi connectivity index (χ0v) is 11.6. The number of thiophene rings is 1. The second kappa shape index (κ2) is 5.23. The van der Waals surface area contributed by atoms with Crippen molar-refractivity contribution < 1.29 is 14.3 Å². The van der Waals surface area contributed by atoms with E-state index in [1.807, 2.05) is 0 Å². The van der Waals surface area contributed by atoms with Crippen LogP contribution < -0.4 is 5.32 Å². The van der Waals surface area contributed by atoms with Gasteiger partial charge in [-0.05, 0) is 18.4 Å². The summed E-state index contributed by atoms with van der Waals surface area (Å²) in [5, 5.41) is 8.93. The summed E-state index contributed by atoms with van der Waals surface area (Å²) in [4.78, 5) is 23.6. The number of nitrogens with one attached hydrogen (secondary N) is 1. The van der Waals surface area contributed by atoms with Gasteiger partial charge in [-0.25, -0.2) is 4.79 Å². The number of ether oxygens (including phenoxy) is 1. The number of carbonyl (C=O) groups is 2. The molecule has 0 aromatic carbocycles. The average molecular weight is 279 g/mol. The summed E-state index contributed by atoms with van der Waals surface area (Å²) in [6.07, 6.45) is 1.75. The van der Waals surface area contributed by atoms with Crippen LogP contribution >= 0.6 is 11.3 Å². The number of anilines is 1. The second-order valence-electron chi connectivity index (χ2n) is 3.94. The fourth-order valence-corrected chi connectivity index (χ4v) is 2.44. The number of aromatic nitrogens is 2. The summed E-state index contributed by atoms with van der Waals surface area (Å²) < 4.78 is 6.22. The first-order valence-electron chi connectivity index (χ1n) is 5.50. The summed E-state index contributed by atoms with van der Waals surface area (Å²) in [5.74, 6) is -0.819. The number of aryl methyl sites for hydroxylation is 2. The average Bonchev–Trinajstić information content (AvgIpc) is 2.95.